The van der Waals surface area contributed by atoms with Crippen molar-refractivity contribution in [3.8, 4) is 34.1 Å². The third-order valence-corrected chi connectivity index (χ3v) is 8.76. The van der Waals surface area contributed by atoms with Gasteiger partial charge in [-0.15, -0.1) is 0 Å². The zero-order chi connectivity index (χ0) is 29.0. The van der Waals surface area contributed by atoms with E-state index in [4.69, 9.17) is 9.47 Å². The molecule has 206 valence electrons. The third kappa shape index (κ3) is 3.85. The Morgan fingerprint density at radius 3 is 1.70 bits per heavy atom. The third-order valence-electron chi connectivity index (χ3n) is 8.76. The summed E-state index contributed by atoms with van der Waals surface area (Å²) in [5, 5.41) is 2.40. The number of rotatable bonds is 4. The minimum atomic E-state index is 0.0367. The average Bonchev–Trinajstić information content (AvgIpc) is 3.09. The lowest BCUT2D eigenvalue weighted by Gasteiger charge is -2.35. The number of ether oxygens (including phenoxy) is 2. The van der Waals surface area contributed by atoms with Crippen molar-refractivity contribution in [2.75, 3.05) is 4.90 Å². The molecule has 4 heteroatoms. The predicted octanol–water partition coefficient (Wildman–Crippen LogP) is 8.70. The highest BCUT2D eigenvalue weighted by atomic mass is 16.5. The van der Waals surface area contributed by atoms with E-state index in [1.807, 2.05) is 12.1 Å². The van der Waals surface area contributed by atoms with Crippen molar-refractivity contribution < 1.29 is 9.47 Å². The fourth-order valence-corrected chi connectivity index (χ4v) is 6.87. The molecule has 0 atom stereocenters. The van der Waals surface area contributed by atoms with Crippen LogP contribution in [0, 0.1) is 0 Å². The van der Waals surface area contributed by atoms with E-state index in [1.54, 1.807) is 0 Å². The van der Waals surface area contributed by atoms with Crippen LogP contribution < -0.4 is 30.8 Å². The molecular formula is C40H26BNO2. The molecule has 2 heterocycles. The second-order valence-electron chi connectivity index (χ2n) is 11.3. The molecule has 3 nitrogen and oxygen atoms in total. The topological polar surface area (TPSA) is 21.7 Å². The molecular weight excluding hydrogens is 537 g/mol. The maximum atomic E-state index is 6.68. The fraction of sp³-hybridized carbons (Fsp3) is 0. The predicted molar refractivity (Wildman–Crippen MR) is 182 cm³/mol. The molecule has 7 aromatic carbocycles. The van der Waals surface area contributed by atoms with Gasteiger partial charge < -0.3 is 14.4 Å². The molecule has 9 rings (SSSR count). The smallest absolute Gasteiger partial charge is 0.260 e. The van der Waals surface area contributed by atoms with E-state index >= 15 is 0 Å². The van der Waals surface area contributed by atoms with Gasteiger partial charge in [0.25, 0.3) is 6.71 Å². The quantitative estimate of drug-likeness (QED) is 0.200. The summed E-state index contributed by atoms with van der Waals surface area (Å²) in [5.41, 5.74) is 8.82. The van der Waals surface area contributed by atoms with Gasteiger partial charge in [-0.3, -0.25) is 0 Å². The molecule has 2 aliphatic rings. The van der Waals surface area contributed by atoms with Gasteiger partial charge >= 0.3 is 0 Å². The Labute approximate surface area is 256 Å². The lowest BCUT2D eigenvalue weighted by Crippen LogP contribution is -2.57. The molecule has 0 amide bonds. The lowest BCUT2D eigenvalue weighted by atomic mass is 9.35. The number of nitrogens with zero attached hydrogens (tertiary/aromatic N) is 1. The average molecular weight is 563 g/mol. The standard InChI is InChI=1S/C40H26BNO2/c1-3-14-28(15-4-1)39-31-18-8-7-13-27(31)23-24-34(39)42(29-16-5-2-6-17-29)30-25-37-40-38(26-30)44-36-22-12-10-20-33(36)41(40)32-19-9-11-21-35(32)43-37/h1-26H. The zero-order valence-corrected chi connectivity index (χ0v) is 23.9. The second kappa shape index (κ2) is 9.93. The van der Waals surface area contributed by atoms with Gasteiger partial charge in [0.2, 0.25) is 0 Å². The summed E-state index contributed by atoms with van der Waals surface area (Å²) in [7, 11) is 0. The van der Waals surface area contributed by atoms with E-state index in [1.165, 1.54) is 16.3 Å². The Balaban J connectivity index is 1.32. The Bertz CT molecular complexity index is 2130. The van der Waals surface area contributed by atoms with Crippen molar-refractivity contribution in [1.82, 2.24) is 0 Å². The van der Waals surface area contributed by atoms with Crippen LogP contribution in [0.5, 0.6) is 23.0 Å². The van der Waals surface area contributed by atoms with Gasteiger partial charge in [-0.1, -0.05) is 115 Å². The SMILES string of the molecule is c1ccc(-c2c(N(c3ccccc3)c3cc4c5c(c3)Oc3ccccc3B5c3ccccc3O4)ccc3ccccc23)cc1. The van der Waals surface area contributed by atoms with Gasteiger partial charge in [-0.25, -0.2) is 0 Å². The van der Waals surface area contributed by atoms with Gasteiger partial charge in [0.05, 0.1) is 11.4 Å². The van der Waals surface area contributed by atoms with Crippen molar-refractivity contribution in [3.63, 3.8) is 0 Å². The Morgan fingerprint density at radius 2 is 1.02 bits per heavy atom. The van der Waals surface area contributed by atoms with Crippen LogP contribution >= 0.6 is 0 Å². The van der Waals surface area contributed by atoms with Gasteiger partial charge in [0, 0.05) is 28.8 Å². The van der Waals surface area contributed by atoms with Crippen molar-refractivity contribution in [3.05, 3.63) is 158 Å². The molecule has 0 saturated heterocycles. The molecule has 0 fully saturated rings. The highest BCUT2D eigenvalue weighted by Gasteiger charge is 2.40. The summed E-state index contributed by atoms with van der Waals surface area (Å²) in [4.78, 5) is 2.33. The molecule has 0 saturated carbocycles. The fourth-order valence-electron chi connectivity index (χ4n) is 6.87. The Kier molecular flexibility index (Phi) is 5.60. The zero-order valence-electron chi connectivity index (χ0n) is 23.9. The van der Waals surface area contributed by atoms with Gasteiger partial charge in [-0.2, -0.15) is 0 Å². The normalized spacial score (nSPS) is 12.4. The van der Waals surface area contributed by atoms with Crippen LogP contribution in [-0.2, 0) is 0 Å². The van der Waals surface area contributed by atoms with E-state index in [2.05, 4.69) is 150 Å². The number of para-hydroxylation sites is 3. The van der Waals surface area contributed by atoms with Crippen LogP contribution in [0.3, 0.4) is 0 Å². The van der Waals surface area contributed by atoms with Crippen molar-refractivity contribution in [2.45, 2.75) is 0 Å². The molecule has 0 radical (unpaired) electrons. The first-order chi connectivity index (χ1) is 21.8. The summed E-state index contributed by atoms with van der Waals surface area (Å²) in [6, 6.07) is 55.3. The van der Waals surface area contributed by atoms with E-state index in [-0.39, 0.29) is 6.71 Å². The molecule has 0 bridgehead atoms. The van der Waals surface area contributed by atoms with Crippen LogP contribution in [0.1, 0.15) is 0 Å². The van der Waals surface area contributed by atoms with E-state index < -0.39 is 0 Å². The van der Waals surface area contributed by atoms with Crippen molar-refractivity contribution in [1.29, 1.82) is 0 Å². The molecule has 0 spiro atoms. The first-order valence-electron chi connectivity index (χ1n) is 15.0. The van der Waals surface area contributed by atoms with E-state index in [0.29, 0.717) is 0 Å². The van der Waals surface area contributed by atoms with Crippen molar-refractivity contribution >= 4 is 50.9 Å². The number of benzene rings is 7. The first kappa shape index (κ1) is 24.8. The number of hydrogen-bond donors (Lipinski definition) is 0. The van der Waals surface area contributed by atoms with Crippen molar-refractivity contribution in [2.24, 2.45) is 0 Å². The van der Waals surface area contributed by atoms with Gasteiger partial charge in [0.15, 0.2) is 0 Å². The van der Waals surface area contributed by atoms with Crippen LogP contribution in [0.2, 0.25) is 0 Å². The van der Waals surface area contributed by atoms with E-state index in [9.17, 15) is 0 Å². The summed E-state index contributed by atoms with van der Waals surface area (Å²) < 4.78 is 13.4. The highest BCUT2D eigenvalue weighted by Crippen LogP contribution is 2.47. The summed E-state index contributed by atoms with van der Waals surface area (Å²) in [6.45, 7) is 0.0367. The largest absolute Gasteiger partial charge is 0.458 e. The van der Waals surface area contributed by atoms with Crippen LogP contribution in [0.25, 0.3) is 21.9 Å². The first-order valence-corrected chi connectivity index (χ1v) is 15.0. The summed E-state index contributed by atoms with van der Waals surface area (Å²) in [5.74, 6) is 3.40. The highest BCUT2D eigenvalue weighted by molar-refractivity contribution is 6.98. The minimum Gasteiger partial charge on any atom is -0.458 e. The molecule has 0 N–H and O–H groups in total. The number of anilines is 3. The van der Waals surface area contributed by atoms with Crippen LogP contribution in [0.4, 0.5) is 17.1 Å². The molecule has 0 aromatic heterocycles. The van der Waals surface area contributed by atoms with Crippen LogP contribution in [-0.4, -0.2) is 6.71 Å². The molecule has 44 heavy (non-hydrogen) atoms. The number of hydrogen-bond acceptors (Lipinski definition) is 3. The number of fused-ring (bicyclic) bond motifs is 5. The molecule has 0 aliphatic carbocycles. The van der Waals surface area contributed by atoms with E-state index in [0.717, 1.165) is 62.0 Å². The monoisotopic (exact) mass is 563 g/mol. The molecule has 7 aromatic rings. The summed E-state index contributed by atoms with van der Waals surface area (Å²) in [6.07, 6.45) is 0. The lowest BCUT2D eigenvalue weighted by molar-refractivity contribution is 0.465. The second-order valence-corrected chi connectivity index (χ2v) is 11.3. The Hall–Kier alpha value is -5.74. The molecule has 0 unspecified atom stereocenters. The molecule has 2 aliphatic heterocycles. The maximum Gasteiger partial charge on any atom is 0.260 e. The summed E-state index contributed by atoms with van der Waals surface area (Å²) >= 11 is 0. The maximum absolute atomic E-state index is 6.68. The van der Waals surface area contributed by atoms with Gasteiger partial charge in [-0.05, 0) is 57.6 Å². The van der Waals surface area contributed by atoms with Gasteiger partial charge in [0.1, 0.15) is 23.0 Å². The minimum absolute atomic E-state index is 0.0367. The van der Waals surface area contributed by atoms with Crippen LogP contribution in [0.15, 0.2) is 158 Å². The Morgan fingerprint density at radius 1 is 0.455 bits per heavy atom.